The molecule has 1 fully saturated rings. The third-order valence-corrected chi connectivity index (χ3v) is 2.91. The number of aliphatic hydroxyl groups excluding tert-OH is 1. The maximum absolute atomic E-state index is 9.18. The molecule has 2 unspecified atom stereocenters. The lowest BCUT2D eigenvalue weighted by Gasteiger charge is -2.24. The highest BCUT2D eigenvalue weighted by atomic mass is 16.5. The molecule has 0 radical (unpaired) electrons. The van der Waals surface area contributed by atoms with Gasteiger partial charge in [0.05, 0.1) is 13.2 Å². The van der Waals surface area contributed by atoms with Gasteiger partial charge in [0.25, 0.3) is 0 Å². The molecule has 3 nitrogen and oxygen atoms in total. The molecule has 0 aliphatic carbocycles. The molecule has 3 heteroatoms. The first-order valence-electron chi connectivity index (χ1n) is 5.22. The maximum atomic E-state index is 9.18. The van der Waals surface area contributed by atoms with E-state index in [1.807, 2.05) is 6.92 Å². The van der Waals surface area contributed by atoms with E-state index in [4.69, 9.17) is 4.74 Å². The summed E-state index contributed by atoms with van der Waals surface area (Å²) in [5, 5.41) is 9.18. The zero-order chi connectivity index (χ0) is 9.68. The van der Waals surface area contributed by atoms with Crippen LogP contribution < -0.4 is 0 Å². The number of rotatable bonds is 5. The Kier molecular flexibility index (Phi) is 4.70. The molecule has 13 heavy (non-hydrogen) atoms. The predicted octanol–water partition coefficient (Wildman–Crippen LogP) is 0.726. The number of hydrogen-bond donors (Lipinski definition) is 1. The van der Waals surface area contributed by atoms with E-state index in [9.17, 15) is 5.11 Å². The third kappa shape index (κ3) is 2.93. The second kappa shape index (κ2) is 5.58. The van der Waals surface area contributed by atoms with E-state index < -0.39 is 0 Å². The highest BCUT2D eigenvalue weighted by Crippen LogP contribution is 2.22. The van der Waals surface area contributed by atoms with Crippen LogP contribution in [-0.4, -0.2) is 49.0 Å². The first-order valence-corrected chi connectivity index (χ1v) is 5.22. The Morgan fingerprint density at radius 3 is 2.92 bits per heavy atom. The predicted molar refractivity (Wildman–Crippen MR) is 52.7 cm³/mol. The van der Waals surface area contributed by atoms with Crippen LogP contribution >= 0.6 is 0 Å². The van der Waals surface area contributed by atoms with Crippen molar-refractivity contribution in [3.05, 3.63) is 0 Å². The monoisotopic (exact) mass is 187 g/mol. The fraction of sp³-hybridized carbons (Fsp3) is 1.00. The van der Waals surface area contributed by atoms with Gasteiger partial charge in [0, 0.05) is 19.2 Å². The number of likely N-dealkylation sites (tertiary alicyclic amines) is 1. The number of nitrogens with zero attached hydrogens (tertiary/aromatic N) is 1. The van der Waals surface area contributed by atoms with Crippen molar-refractivity contribution in [2.45, 2.75) is 26.3 Å². The van der Waals surface area contributed by atoms with E-state index >= 15 is 0 Å². The first kappa shape index (κ1) is 11.0. The van der Waals surface area contributed by atoms with Gasteiger partial charge in [0.15, 0.2) is 0 Å². The molecule has 2 atom stereocenters. The molecular weight excluding hydrogens is 166 g/mol. The SMILES string of the molecule is CCOCCN1CCC(C)C1CO. The summed E-state index contributed by atoms with van der Waals surface area (Å²) in [6.45, 7) is 8.15. The molecule has 0 aromatic heterocycles. The zero-order valence-electron chi connectivity index (χ0n) is 8.70. The third-order valence-electron chi connectivity index (χ3n) is 2.91. The van der Waals surface area contributed by atoms with Crippen molar-refractivity contribution in [1.29, 1.82) is 0 Å². The number of aliphatic hydroxyl groups is 1. The van der Waals surface area contributed by atoms with Crippen molar-refractivity contribution in [2.75, 3.05) is 32.9 Å². The van der Waals surface area contributed by atoms with Gasteiger partial charge in [0.2, 0.25) is 0 Å². The van der Waals surface area contributed by atoms with Gasteiger partial charge in [-0.1, -0.05) is 6.92 Å². The van der Waals surface area contributed by atoms with Crippen LogP contribution in [0.15, 0.2) is 0 Å². The van der Waals surface area contributed by atoms with Gasteiger partial charge in [-0.2, -0.15) is 0 Å². The van der Waals surface area contributed by atoms with E-state index in [0.717, 1.165) is 26.3 Å². The van der Waals surface area contributed by atoms with E-state index in [1.54, 1.807) is 0 Å². The molecule has 1 N–H and O–H groups in total. The lowest BCUT2D eigenvalue weighted by molar-refractivity contribution is 0.0843. The van der Waals surface area contributed by atoms with Crippen LogP contribution in [-0.2, 0) is 4.74 Å². The Bertz CT molecular complexity index is 141. The van der Waals surface area contributed by atoms with Crippen molar-refractivity contribution in [2.24, 2.45) is 5.92 Å². The van der Waals surface area contributed by atoms with Crippen molar-refractivity contribution in [3.8, 4) is 0 Å². The minimum absolute atomic E-state index is 0.285. The summed E-state index contributed by atoms with van der Waals surface area (Å²) in [6, 6.07) is 0.362. The summed E-state index contributed by atoms with van der Waals surface area (Å²) >= 11 is 0. The lowest BCUT2D eigenvalue weighted by Crippen LogP contribution is -2.37. The zero-order valence-corrected chi connectivity index (χ0v) is 8.70. The largest absolute Gasteiger partial charge is 0.395 e. The molecule has 0 bridgehead atoms. The van der Waals surface area contributed by atoms with Crippen LogP contribution in [0.5, 0.6) is 0 Å². The molecule has 1 aliphatic rings. The second-order valence-electron chi connectivity index (χ2n) is 3.75. The fourth-order valence-corrected chi connectivity index (χ4v) is 1.99. The van der Waals surface area contributed by atoms with E-state index in [0.29, 0.717) is 12.0 Å². The molecule has 1 aliphatic heterocycles. The van der Waals surface area contributed by atoms with Gasteiger partial charge in [-0.25, -0.2) is 0 Å². The summed E-state index contributed by atoms with van der Waals surface area (Å²) in [5.74, 6) is 0.631. The summed E-state index contributed by atoms with van der Waals surface area (Å²) in [4.78, 5) is 2.33. The molecular formula is C10H21NO2. The fourth-order valence-electron chi connectivity index (χ4n) is 1.99. The minimum atomic E-state index is 0.285. The van der Waals surface area contributed by atoms with Gasteiger partial charge in [0.1, 0.15) is 0 Å². The first-order chi connectivity index (χ1) is 6.29. The average molecular weight is 187 g/mol. The Balaban J connectivity index is 2.24. The van der Waals surface area contributed by atoms with Crippen LogP contribution in [0.3, 0.4) is 0 Å². The molecule has 78 valence electrons. The maximum Gasteiger partial charge on any atom is 0.0593 e. The van der Waals surface area contributed by atoms with Crippen LogP contribution in [0.25, 0.3) is 0 Å². The van der Waals surface area contributed by atoms with E-state index in [2.05, 4.69) is 11.8 Å². The molecule has 0 saturated carbocycles. The van der Waals surface area contributed by atoms with Gasteiger partial charge >= 0.3 is 0 Å². The average Bonchev–Trinajstić information content (AvgIpc) is 2.47. The van der Waals surface area contributed by atoms with Crippen LogP contribution in [0.4, 0.5) is 0 Å². The van der Waals surface area contributed by atoms with Crippen LogP contribution in [0.2, 0.25) is 0 Å². The van der Waals surface area contributed by atoms with Crippen LogP contribution in [0.1, 0.15) is 20.3 Å². The summed E-state index contributed by atoms with van der Waals surface area (Å²) < 4.78 is 5.30. The number of ether oxygens (including phenoxy) is 1. The summed E-state index contributed by atoms with van der Waals surface area (Å²) in [5.41, 5.74) is 0. The van der Waals surface area contributed by atoms with Crippen molar-refractivity contribution >= 4 is 0 Å². The van der Waals surface area contributed by atoms with Gasteiger partial charge in [-0.3, -0.25) is 4.90 Å². The molecule has 1 saturated heterocycles. The topological polar surface area (TPSA) is 32.7 Å². The highest BCUT2D eigenvalue weighted by molar-refractivity contribution is 4.83. The van der Waals surface area contributed by atoms with Gasteiger partial charge in [-0.05, 0) is 25.8 Å². The molecule has 0 aromatic carbocycles. The Hall–Kier alpha value is -0.120. The summed E-state index contributed by atoms with van der Waals surface area (Å²) in [6.07, 6.45) is 1.21. The molecule has 0 amide bonds. The molecule has 1 heterocycles. The summed E-state index contributed by atoms with van der Waals surface area (Å²) in [7, 11) is 0. The quantitative estimate of drug-likeness (QED) is 0.644. The standard InChI is InChI=1S/C10H21NO2/c1-3-13-7-6-11-5-4-9(2)10(11)8-12/h9-10,12H,3-8H2,1-2H3. The lowest BCUT2D eigenvalue weighted by atomic mass is 10.0. The van der Waals surface area contributed by atoms with E-state index in [1.165, 1.54) is 6.42 Å². The Labute approximate surface area is 80.7 Å². The van der Waals surface area contributed by atoms with Crippen molar-refractivity contribution < 1.29 is 9.84 Å². The Morgan fingerprint density at radius 1 is 1.54 bits per heavy atom. The van der Waals surface area contributed by atoms with Crippen molar-refractivity contribution in [1.82, 2.24) is 4.90 Å². The second-order valence-corrected chi connectivity index (χ2v) is 3.75. The molecule has 1 rings (SSSR count). The Morgan fingerprint density at radius 2 is 2.31 bits per heavy atom. The van der Waals surface area contributed by atoms with Gasteiger partial charge in [-0.15, -0.1) is 0 Å². The highest BCUT2D eigenvalue weighted by Gasteiger charge is 2.29. The smallest absolute Gasteiger partial charge is 0.0593 e. The molecule has 0 aromatic rings. The molecule has 0 spiro atoms. The van der Waals surface area contributed by atoms with Gasteiger partial charge < -0.3 is 9.84 Å². The van der Waals surface area contributed by atoms with Crippen molar-refractivity contribution in [3.63, 3.8) is 0 Å². The minimum Gasteiger partial charge on any atom is -0.395 e. The van der Waals surface area contributed by atoms with Crippen LogP contribution in [0, 0.1) is 5.92 Å². The van der Waals surface area contributed by atoms with E-state index in [-0.39, 0.29) is 6.61 Å². The number of hydrogen-bond acceptors (Lipinski definition) is 3. The normalized spacial score (nSPS) is 29.8.